The van der Waals surface area contributed by atoms with Crippen LogP contribution in [0.1, 0.15) is 40.7 Å². The predicted octanol–water partition coefficient (Wildman–Crippen LogP) is 3.19. The molecule has 0 bridgehead atoms. The largest absolute Gasteiger partial charge is 0.387 e. The second-order valence-corrected chi connectivity index (χ2v) is 6.93. The second kappa shape index (κ2) is 6.31. The number of hydrogen-bond acceptors (Lipinski definition) is 4. The molecule has 5 nitrogen and oxygen atoms in total. The number of rotatable bonds is 2. The number of amides is 1. The molecule has 1 fully saturated rings. The first-order valence-electron chi connectivity index (χ1n) is 8.67. The van der Waals surface area contributed by atoms with Crippen LogP contribution < -0.4 is 0 Å². The molecule has 0 saturated carbocycles. The molecular weight excluding hydrogens is 314 g/mol. The molecule has 3 heterocycles. The zero-order valence-electron chi connectivity index (χ0n) is 14.3. The third kappa shape index (κ3) is 3.14. The summed E-state index contributed by atoms with van der Waals surface area (Å²) in [6.45, 7) is 3.36. The third-order valence-electron chi connectivity index (χ3n) is 4.96. The van der Waals surface area contributed by atoms with E-state index in [4.69, 9.17) is 4.84 Å². The van der Waals surface area contributed by atoms with E-state index in [1.54, 1.807) is 12.4 Å². The van der Waals surface area contributed by atoms with Gasteiger partial charge in [-0.05, 0) is 44.0 Å². The zero-order valence-corrected chi connectivity index (χ0v) is 14.3. The number of carbonyl (C=O) groups is 1. The Morgan fingerprint density at radius 2 is 2.08 bits per heavy atom. The van der Waals surface area contributed by atoms with Crippen molar-refractivity contribution < 1.29 is 9.63 Å². The van der Waals surface area contributed by atoms with Gasteiger partial charge in [0, 0.05) is 36.5 Å². The maximum absolute atomic E-state index is 12.8. The molecule has 1 spiro atoms. The van der Waals surface area contributed by atoms with Gasteiger partial charge in [-0.1, -0.05) is 22.9 Å². The summed E-state index contributed by atoms with van der Waals surface area (Å²) in [6, 6.07) is 11.6. The fourth-order valence-corrected chi connectivity index (χ4v) is 3.58. The van der Waals surface area contributed by atoms with Crippen LogP contribution in [0.2, 0.25) is 0 Å². The molecule has 1 unspecified atom stereocenters. The topological polar surface area (TPSA) is 54.8 Å². The molecule has 25 heavy (non-hydrogen) atoms. The number of benzene rings is 1. The van der Waals surface area contributed by atoms with Crippen LogP contribution in [0.3, 0.4) is 0 Å². The minimum Gasteiger partial charge on any atom is -0.387 e. The van der Waals surface area contributed by atoms with Crippen LogP contribution in [0.15, 0.2) is 53.9 Å². The number of aromatic nitrogens is 1. The van der Waals surface area contributed by atoms with Crippen LogP contribution in [0.5, 0.6) is 0 Å². The Balaban J connectivity index is 1.48. The van der Waals surface area contributed by atoms with Crippen molar-refractivity contribution in [2.24, 2.45) is 5.16 Å². The van der Waals surface area contributed by atoms with E-state index in [1.165, 1.54) is 0 Å². The van der Waals surface area contributed by atoms with Gasteiger partial charge in [-0.2, -0.15) is 0 Å². The maximum atomic E-state index is 12.8. The SMILES string of the molecule is Cc1ccc(C(=O)N2CCCC3(CC(c4cccnc4)=NO3)C2)cc1. The van der Waals surface area contributed by atoms with Gasteiger partial charge in [0.05, 0.1) is 12.3 Å². The number of oxime groups is 1. The van der Waals surface area contributed by atoms with E-state index in [0.29, 0.717) is 6.54 Å². The Hall–Kier alpha value is -2.69. The number of piperidine rings is 1. The molecular formula is C20H21N3O2. The lowest BCUT2D eigenvalue weighted by molar-refractivity contribution is -0.0618. The van der Waals surface area contributed by atoms with Crippen molar-refractivity contribution in [1.29, 1.82) is 0 Å². The summed E-state index contributed by atoms with van der Waals surface area (Å²) in [5.74, 6) is 0.0671. The third-order valence-corrected chi connectivity index (χ3v) is 4.96. The Kier molecular flexibility index (Phi) is 3.99. The van der Waals surface area contributed by atoms with Gasteiger partial charge in [-0.15, -0.1) is 0 Å². The molecule has 2 aliphatic rings. The molecule has 0 radical (unpaired) electrons. The zero-order chi connectivity index (χ0) is 17.3. The van der Waals surface area contributed by atoms with E-state index in [9.17, 15) is 4.79 Å². The standard InChI is InChI=1S/C20H21N3O2/c1-15-5-7-16(8-6-15)19(24)23-11-3-9-20(14-23)12-18(22-25-20)17-4-2-10-21-13-17/h2,4-8,10,13H,3,9,11-12,14H2,1H3. The van der Waals surface area contributed by atoms with Crippen molar-refractivity contribution in [2.45, 2.75) is 31.8 Å². The maximum Gasteiger partial charge on any atom is 0.253 e. The number of pyridine rings is 1. The highest BCUT2D eigenvalue weighted by molar-refractivity contribution is 6.01. The lowest BCUT2D eigenvalue weighted by Crippen LogP contribution is -2.50. The van der Waals surface area contributed by atoms with Crippen molar-refractivity contribution in [3.05, 3.63) is 65.5 Å². The lowest BCUT2D eigenvalue weighted by atomic mass is 9.86. The minimum absolute atomic E-state index is 0.0671. The molecule has 2 aromatic rings. The Morgan fingerprint density at radius 3 is 2.84 bits per heavy atom. The van der Waals surface area contributed by atoms with Crippen molar-refractivity contribution in [3.63, 3.8) is 0 Å². The average molecular weight is 335 g/mol. The number of nitrogens with zero attached hydrogens (tertiary/aromatic N) is 3. The quantitative estimate of drug-likeness (QED) is 0.847. The highest BCUT2D eigenvalue weighted by Crippen LogP contribution is 2.35. The number of hydrogen-bond donors (Lipinski definition) is 0. The lowest BCUT2D eigenvalue weighted by Gasteiger charge is -2.38. The average Bonchev–Trinajstić information content (AvgIpc) is 3.06. The first kappa shape index (κ1) is 15.8. The van der Waals surface area contributed by atoms with E-state index in [2.05, 4.69) is 10.1 Å². The molecule has 4 rings (SSSR count). The summed E-state index contributed by atoms with van der Waals surface area (Å²) in [5, 5.41) is 4.30. The van der Waals surface area contributed by atoms with Crippen LogP contribution in [0.4, 0.5) is 0 Å². The molecule has 5 heteroatoms. The van der Waals surface area contributed by atoms with Gasteiger partial charge in [0.1, 0.15) is 0 Å². The first-order chi connectivity index (χ1) is 12.2. The van der Waals surface area contributed by atoms with Gasteiger partial charge in [-0.3, -0.25) is 9.78 Å². The Morgan fingerprint density at radius 1 is 1.24 bits per heavy atom. The van der Waals surface area contributed by atoms with E-state index in [0.717, 1.165) is 48.2 Å². The van der Waals surface area contributed by atoms with Gasteiger partial charge >= 0.3 is 0 Å². The highest BCUT2D eigenvalue weighted by atomic mass is 16.7. The first-order valence-corrected chi connectivity index (χ1v) is 8.67. The van der Waals surface area contributed by atoms with E-state index < -0.39 is 5.60 Å². The van der Waals surface area contributed by atoms with Gasteiger partial charge in [0.2, 0.25) is 0 Å². The van der Waals surface area contributed by atoms with Gasteiger partial charge in [0.15, 0.2) is 5.60 Å². The number of likely N-dealkylation sites (tertiary alicyclic amines) is 1. The number of carbonyl (C=O) groups excluding carboxylic acids is 1. The second-order valence-electron chi connectivity index (χ2n) is 6.93. The molecule has 128 valence electrons. The Bertz CT molecular complexity index is 801. The monoisotopic (exact) mass is 335 g/mol. The summed E-state index contributed by atoms with van der Waals surface area (Å²) in [4.78, 5) is 24.7. The molecule has 0 N–H and O–H groups in total. The van der Waals surface area contributed by atoms with Crippen molar-refractivity contribution in [1.82, 2.24) is 9.88 Å². The summed E-state index contributed by atoms with van der Waals surface area (Å²) in [6.07, 6.45) is 6.11. The molecule has 1 aromatic heterocycles. The van der Waals surface area contributed by atoms with E-state index in [1.807, 2.05) is 48.2 Å². The molecule has 1 amide bonds. The van der Waals surface area contributed by atoms with Crippen LogP contribution >= 0.6 is 0 Å². The van der Waals surface area contributed by atoms with Crippen LogP contribution in [-0.2, 0) is 4.84 Å². The fraction of sp³-hybridized carbons (Fsp3) is 0.350. The highest BCUT2D eigenvalue weighted by Gasteiger charge is 2.44. The number of aryl methyl sites for hydroxylation is 1. The normalized spacial score (nSPS) is 22.6. The van der Waals surface area contributed by atoms with Gasteiger partial charge in [0.25, 0.3) is 5.91 Å². The summed E-state index contributed by atoms with van der Waals surface area (Å²) in [5.41, 5.74) is 3.39. The molecule has 2 aliphatic heterocycles. The Labute approximate surface area is 147 Å². The predicted molar refractivity (Wildman–Crippen MR) is 95.5 cm³/mol. The minimum atomic E-state index is -0.399. The van der Waals surface area contributed by atoms with Crippen LogP contribution in [0, 0.1) is 6.92 Å². The van der Waals surface area contributed by atoms with E-state index in [-0.39, 0.29) is 5.91 Å². The molecule has 1 saturated heterocycles. The summed E-state index contributed by atoms with van der Waals surface area (Å²) in [7, 11) is 0. The summed E-state index contributed by atoms with van der Waals surface area (Å²) >= 11 is 0. The van der Waals surface area contributed by atoms with Crippen molar-refractivity contribution >= 4 is 11.6 Å². The van der Waals surface area contributed by atoms with Gasteiger partial charge < -0.3 is 9.74 Å². The van der Waals surface area contributed by atoms with E-state index >= 15 is 0 Å². The fourth-order valence-electron chi connectivity index (χ4n) is 3.58. The van der Waals surface area contributed by atoms with Crippen LogP contribution in [-0.4, -0.2) is 40.2 Å². The molecule has 1 aromatic carbocycles. The van der Waals surface area contributed by atoms with Gasteiger partial charge in [-0.25, -0.2) is 0 Å². The molecule has 0 aliphatic carbocycles. The van der Waals surface area contributed by atoms with Crippen molar-refractivity contribution in [2.75, 3.05) is 13.1 Å². The molecule has 1 atom stereocenters. The van der Waals surface area contributed by atoms with Crippen LogP contribution in [0.25, 0.3) is 0 Å². The van der Waals surface area contributed by atoms with Crippen molar-refractivity contribution in [3.8, 4) is 0 Å². The summed E-state index contributed by atoms with van der Waals surface area (Å²) < 4.78 is 0. The smallest absolute Gasteiger partial charge is 0.253 e.